The third-order valence-electron chi connectivity index (χ3n) is 3.73. The summed E-state index contributed by atoms with van der Waals surface area (Å²) in [5.74, 6) is -0.747. The molecule has 7 heteroatoms. The molecule has 1 amide bonds. The van der Waals surface area contributed by atoms with E-state index in [9.17, 15) is 14.9 Å². The van der Waals surface area contributed by atoms with Crippen molar-refractivity contribution >= 4 is 23.6 Å². The maximum atomic E-state index is 12.2. The van der Waals surface area contributed by atoms with E-state index in [1.165, 1.54) is 19.3 Å². The number of rotatable bonds is 7. The van der Waals surface area contributed by atoms with E-state index >= 15 is 0 Å². The van der Waals surface area contributed by atoms with Gasteiger partial charge in [-0.25, -0.2) is 4.79 Å². The van der Waals surface area contributed by atoms with E-state index in [1.54, 1.807) is 24.3 Å². The van der Waals surface area contributed by atoms with Crippen LogP contribution in [-0.4, -0.2) is 32.1 Å². The van der Waals surface area contributed by atoms with E-state index in [4.69, 9.17) is 9.15 Å². The lowest BCUT2D eigenvalue weighted by atomic mass is 10.1. The molecule has 1 N–H and O–H groups in total. The van der Waals surface area contributed by atoms with E-state index in [0.29, 0.717) is 11.3 Å². The molecule has 0 fully saturated rings. The molecule has 0 aliphatic heterocycles. The molecular weight excluding hydrogens is 346 g/mol. The fourth-order valence-corrected chi connectivity index (χ4v) is 2.18. The number of hydrogen-bond donors (Lipinski definition) is 1. The third-order valence-corrected chi connectivity index (χ3v) is 3.73. The molecule has 1 aromatic carbocycles. The van der Waals surface area contributed by atoms with Gasteiger partial charge >= 0.3 is 5.97 Å². The minimum absolute atomic E-state index is 0.182. The fourth-order valence-electron chi connectivity index (χ4n) is 2.18. The van der Waals surface area contributed by atoms with Crippen LogP contribution in [0.1, 0.15) is 18.2 Å². The van der Waals surface area contributed by atoms with Crippen LogP contribution in [0.25, 0.3) is 6.08 Å². The Balaban J connectivity index is 1.96. The molecule has 0 aliphatic carbocycles. The number of anilines is 1. The Hall–Kier alpha value is -3.53. The lowest BCUT2D eigenvalue weighted by Gasteiger charge is -2.13. The Morgan fingerprint density at radius 3 is 2.56 bits per heavy atom. The first-order chi connectivity index (χ1) is 12.9. The standard InChI is InChI=1S/C20H21N3O4/c1-14(19(24)22-13-18-5-4-10-26-18)27-20(25)16(12-21)11-15-6-8-17(9-7-15)23(2)3/h4-11,14H,13H2,1-3H3,(H,22,24)/b16-11-/t14-/m0/s1. The van der Waals surface area contributed by atoms with Gasteiger partial charge in [0, 0.05) is 19.8 Å². The molecule has 0 radical (unpaired) electrons. The summed E-state index contributed by atoms with van der Waals surface area (Å²) in [6, 6.07) is 12.6. The molecule has 0 saturated heterocycles. The monoisotopic (exact) mass is 367 g/mol. The number of amides is 1. The first-order valence-corrected chi connectivity index (χ1v) is 8.31. The van der Waals surface area contributed by atoms with Gasteiger partial charge in [-0.15, -0.1) is 0 Å². The number of esters is 1. The molecule has 2 rings (SSSR count). The van der Waals surface area contributed by atoms with Gasteiger partial charge in [-0.1, -0.05) is 12.1 Å². The van der Waals surface area contributed by atoms with Crippen molar-refractivity contribution in [1.82, 2.24) is 5.32 Å². The summed E-state index contributed by atoms with van der Waals surface area (Å²) in [5.41, 5.74) is 1.50. The number of nitrogens with one attached hydrogen (secondary N) is 1. The summed E-state index contributed by atoms with van der Waals surface area (Å²) in [6.07, 6.45) is 1.88. The summed E-state index contributed by atoms with van der Waals surface area (Å²) < 4.78 is 10.2. The maximum absolute atomic E-state index is 12.2. The van der Waals surface area contributed by atoms with Crippen LogP contribution in [0.3, 0.4) is 0 Å². The maximum Gasteiger partial charge on any atom is 0.349 e. The molecule has 0 saturated carbocycles. The summed E-state index contributed by atoms with van der Waals surface area (Å²) in [7, 11) is 3.84. The highest BCUT2D eigenvalue weighted by Crippen LogP contribution is 2.15. The molecule has 0 aliphatic rings. The van der Waals surface area contributed by atoms with Crippen LogP contribution in [0.5, 0.6) is 0 Å². The van der Waals surface area contributed by atoms with Crippen LogP contribution in [0.2, 0.25) is 0 Å². The summed E-state index contributed by atoms with van der Waals surface area (Å²) in [4.78, 5) is 26.1. The highest BCUT2D eigenvalue weighted by Gasteiger charge is 2.20. The van der Waals surface area contributed by atoms with Crippen LogP contribution in [0, 0.1) is 11.3 Å². The van der Waals surface area contributed by atoms with Gasteiger partial charge in [-0.05, 0) is 42.8 Å². The zero-order valence-corrected chi connectivity index (χ0v) is 15.4. The number of carbonyl (C=O) groups is 2. The van der Waals surface area contributed by atoms with Crippen molar-refractivity contribution in [1.29, 1.82) is 5.26 Å². The van der Waals surface area contributed by atoms with E-state index in [2.05, 4.69) is 5.32 Å². The molecule has 1 heterocycles. The van der Waals surface area contributed by atoms with Gasteiger partial charge in [0.1, 0.15) is 17.4 Å². The molecule has 7 nitrogen and oxygen atoms in total. The smallest absolute Gasteiger partial charge is 0.349 e. The number of carbonyl (C=O) groups excluding carboxylic acids is 2. The molecule has 1 atom stereocenters. The minimum atomic E-state index is -1.04. The van der Waals surface area contributed by atoms with Gasteiger partial charge in [-0.3, -0.25) is 4.79 Å². The van der Waals surface area contributed by atoms with Crippen LogP contribution in [-0.2, 0) is 20.9 Å². The number of nitriles is 1. The Labute approximate surface area is 157 Å². The van der Waals surface area contributed by atoms with Gasteiger partial charge in [0.25, 0.3) is 5.91 Å². The van der Waals surface area contributed by atoms with E-state index in [1.807, 2.05) is 37.2 Å². The molecular formula is C20H21N3O4. The molecule has 0 bridgehead atoms. The Bertz CT molecular complexity index is 846. The number of nitrogens with zero attached hydrogens (tertiary/aromatic N) is 2. The predicted molar refractivity (Wildman–Crippen MR) is 100 cm³/mol. The van der Waals surface area contributed by atoms with Crippen molar-refractivity contribution in [3.05, 3.63) is 59.6 Å². The Morgan fingerprint density at radius 1 is 1.30 bits per heavy atom. The lowest BCUT2D eigenvalue weighted by molar-refractivity contribution is -0.150. The van der Waals surface area contributed by atoms with Crippen molar-refractivity contribution in [2.45, 2.75) is 19.6 Å². The van der Waals surface area contributed by atoms with Crippen molar-refractivity contribution in [3.8, 4) is 6.07 Å². The topological polar surface area (TPSA) is 95.6 Å². The second-order valence-corrected chi connectivity index (χ2v) is 6.00. The van der Waals surface area contributed by atoms with Gasteiger partial charge in [0.05, 0.1) is 12.8 Å². The number of ether oxygens (including phenoxy) is 1. The van der Waals surface area contributed by atoms with E-state index < -0.39 is 18.0 Å². The van der Waals surface area contributed by atoms with Gasteiger partial charge in [0.2, 0.25) is 0 Å². The quantitative estimate of drug-likeness (QED) is 0.459. The van der Waals surface area contributed by atoms with Crippen LogP contribution < -0.4 is 10.2 Å². The SMILES string of the molecule is C[C@H](OC(=O)/C(C#N)=C\c1ccc(N(C)C)cc1)C(=O)NCc1ccco1. The molecule has 0 spiro atoms. The Morgan fingerprint density at radius 2 is 2.00 bits per heavy atom. The lowest BCUT2D eigenvalue weighted by Crippen LogP contribution is -2.35. The number of hydrogen-bond acceptors (Lipinski definition) is 6. The first-order valence-electron chi connectivity index (χ1n) is 8.31. The summed E-state index contributed by atoms with van der Waals surface area (Å²) in [5, 5.41) is 11.8. The highest BCUT2D eigenvalue weighted by molar-refractivity contribution is 5.99. The average molecular weight is 367 g/mol. The minimum Gasteiger partial charge on any atom is -0.467 e. The molecule has 1 aromatic heterocycles. The molecule has 2 aromatic rings. The average Bonchev–Trinajstić information content (AvgIpc) is 3.17. The summed E-state index contributed by atoms with van der Waals surface area (Å²) in [6.45, 7) is 1.63. The molecule has 0 unspecified atom stereocenters. The van der Waals surface area contributed by atoms with Crippen molar-refractivity contribution in [2.24, 2.45) is 0 Å². The van der Waals surface area contributed by atoms with Crippen LogP contribution in [0.4, 0.5) is 5.69 Å². The first kappa shape index (κ1) is 19.8. The number of furan rings is 1. The van der Waals surface area contributed by atoms with Gasteiger partial charge < -0.3 is 19.4 Å². The van der Waals surface area contributed by atoms with Crippen molar-refractivity contribution in [2.75, 3.05) is 19.0 Å². The second kappa shape index (κ2) is 9.25. The molecule has 140 valence electrons. The van der Waals surface area contributed by atoms with Crippen molar-refractivity contribution in [3.63, 3.8) is 0 Å². The normalized spacial score (nSPS) is 12.0. The number of benzene rings is 1. The van der Waals surface area contributed by atoms with Crippen LogP contribution in [0.15, 0.2) is 52.7 Å². The Kier molecular flexibility index (Phi) is 6.78. The zero-order chi connectivity index (χ0) is 19.8. The van der Waals surface area contributed by atoms with Crippen molar-refractivity contribution < 1.29 is 18.7 Å². The van der Waals surface area contributed by atoms with E-state index in [-0.39, 0.29) is 12.1 Å². The largest absolute Gasteiger partial charge is 0.467 e. The van der Waals surface area contributed by atoms with Gasteiger partial charge in [0.15, 0.2) is 6.10 Å². The molecule has 27 heavy (non-hydrogen) atoms. The predicted octanol–water partition coefficient (Wildman–Crippen LogP) is 2.50. The highest BCUT2D eigenvalue weighted by atomic mass is 16.5. The fraction of sp³-hybridized carbons (Fsp3) is 0.250. The summed E-state index contributed by atoms with van der Waals surface area (Å²) >= 11 is 0. The third kappa shape index (κ3) is 5.75. The van der Waals surface area contributed by atoms with Crippen LogP contribution >= 0.6 is 0 Å². The van der Waals surface area contributed by atoms with Gasteiger partial charge in [-0.2, -0.15) is 5.26 Å². The zero-order valence-electron chi connectivity index (χ0n) is 15.4. The second-order valence-electron chi connectivity index (χ2n) is 6.00. The van der Waals surface area contributed by atoms with E-state index in [0.717, 1.165) is 5.69 Å².